The number of hydrogen-bond donors (Lipinski definition) is 1. The van der Waals surface area contributed by atoms with Gasteiger partial charge in [0, 0.05) is 0 Å². The Morgan fingerprint density at radius 2 is 0.417 bits per heavy atom. The van der Waals surface area contributed by atoms with E-state index in [1.54, 1.807) is 4.90 Å². The van der Waals surface area contributed by atoms with Crippen LogP contribution in [-0.2, 0) is 0 Å². The molecule has 218 valence electrons. The molecule has 0 saturated carbocycles. The van der Waals surface area contributed by atoms with Gasteiger partial charge in [0.2, 0.25) is 0 Å². The third kappa shape index (κ3) is 32.0. The van der Waals surface area contributed by atoms with Gasteiger partial charge in [-0.3, -0.25) is 0 Å². The van der Waals surface area contributed by atoms with Gasteiger partial charge in [-0.2, -0.15) is 0 Å². The Morgan fingerprint density at radius 1 is 0.250 bits per heavy atom. The van der Waals surface area contributed by atoms with Crippen molar-refractivity contribution in [2.45, 2.75) is 206 Å². The topological polar surface area (TPSA) is 4.44 Å². The standard InChI is InChI=1S/C35H73N/c1-4-6-8-10-12-14-16-18-20-21-23-25-27-29-31-33-35-36(3)34-32-30-28-26-24-22-19-17-15-13-11-9-7-5-2/h4-35H2,1-3H3/p+1. The van der Waals surface area contributed by atoms with Crippen molar-refractivity contribution >= 4 is 0 Å². The molecule has 1 heteroatoms. The quantitative estimate of drug-likeness (QED) is 0.0861. The molecule has 0 bridgehead atoms. The van der Waals surface area contributed by atoms with E-state index in [1.165, 1.54) is 206 Å². The number of unbranched alkanes of at least 4 members (excludes halogenated alkanes) is 28. The lowest BCUT2D eigenvalue weighted by atomic mass is 10.0. The van der Waals surface area contributed by atoms with Gasteiger partial charge in [0.15, 0.2) is 0 Å². The molecule has 1 N–H and O–H groups in total. The molecule has 0 spiro atoms. The predicted molar refractivity (Wildman–Crippen MR) is 166 cm³/mol. The van der Waals surface area contributed by atoms with E-state index in [-0.39, 0.29) is 0 Å². The summed E-state index contributed by atoms with van der Waals surface area (Å²) in [4.78, 5) is 1.78. The average molecular weight is 509 g/mol. The summed E-state index contributed by atoms with van der Waals surface area (Å²) >= 11 is 0. The highest BCUT2D eigenvalue weighted by Crippen LogP contribution is 2.14. The summed E-state index contributed by atoms with van der Waals surface area (Å²) in [5, 5.41) is 0. The third-order valence-electron chi connectivity index (χ3n) is 8.41. The zero-order chi connectivity index (χ0) is 26.2. The van der Waals surface area contributed by atoms with Crippen molar-refractivity contribution < 1.29 is 4.90 Å². The van der Waals surface area contributed by atoms with Gasteiger partial charge in [-0.05, 0) is 25.7 Å². The SMILES string of the molecule is CCCCCCCCCCCCCCCCCC[NH+](C)CCCCCCCCCCCCCCCC. The predicted octanol–water partition coefficient (Wildman–Crippen LogP) is 11.2. The molecule has 1 atom stereocenters. The Labute approximate surface area is 231 Å². The average Bonchev–Trinajstić information content (AvgIpc) is 2.88. The summed E-state index contributed by atoms with van der Waals surface area (Å²) < 4.78 is 0. The molecule has 1 nitrogen and oxygen atoms in total. The number of quaternary nitrogens is 1. The summed E-state index contributed by atoms with van der Waals surface area (Å²) in [7, 11) is 2.42. The molecule has 0 aromatic heterocycles. The van der Waals surface area contributed by atoms with Crippen LogP contribution in [0.5, 0.6) is 0 Å². The molecule has 0 fully saturated rings. The van der Waals surface area contributed by atoms with Gasteiger partial charge >= 0.3 is 0 Å². The lowest BCUT2D eigenvalue weighted by Crippen LogP contribution is -3.09. The van der Waals surface area contributed by atoms with Crippen LogP contribution >= 0.6 is 0 Å². The zero-order valence-electron chi connectivity index (χ0n) is 26.1. The summed E-state index contributed by atoms with van der Waals surface area (Å²) in [6, 6.07) is 0. The Balaban J connectivity index is 3.13. The van der Waals surface area contributed by atoms with Crippen molar-refractivity contribution in [2.75, 3.05) is 20.1 Å². The lowest BCUT2D eigenvalue weighted by molar-refractivity contribution is -0.880. The van der Waals surface area contributed by atoms with Gasteiger partial charge in [0.25, 0.3) is 0 Å². The van der Waals surface area contributed by atoms with E-state index in [0.717, 1.165) is 0 Å². The summed E-state index contributed by atoms with van der Waals surface area (Å²) in [6.45, 7) is 7.41. The van der Waals surface area contributed by atoms with Gasteiger partial charge in [-0.15, -0.1) is 0 Å². The maximum atomic E-state index is 2.42. The molecular formula is C35H74N+. The normalized spacial score (nSPS) is 12.4. The Bertz CT molecular complexity index is 366. The van der Waals surface area contributed by atoms with Crippen LogP contribution < -0.4 is 4.90 Å². The zero-order valence-corrected chi connectivity index (χ0v) is 26.1. The van der Waals surface area contributed by atoms with Crippen LogP contribution in [0.25, 0.3) is 0 Å². The highest BCUT2D eigenvalue weighted by Gasteiger charge is 2.02. The minimum Gasteiger partial charge on any atom is -0.337 e. The Kier molecular flexibility index (Phi) is 33.0. The molecule has 0 aromatic rings. The van der Waals surface area contributed by atoms with Crippen molar-refractivity contribution in [2.24, 2.45) is 0 Å². The van der Waals surface area contributed by atoms with Crippen molar-refractivity contribution in [3.05, 3.63) is 0 Å². The van der Waals surface area contributed by atoms with E-state index in [1.807, 2.05) is 0 Å². The number of nitrogens with one attached hydrogen (secondary N) is 1. The molecule has 0 rings (SSSR count). The fourth-order valence-electron chi connectivity index (χ4n) is 5.72. The van der Waals surface area contributed by atoms with Crippen molar-refractivity contribution in [3.63, 3.8) is 0 Å². The summed E-state index contributed by atoms with van der Waals surface area (Å²) in [6.07, 6.45) is 44.1. The van der Waals surface area contributed by atoms with Gasteiger partial charge in [-0.1, -0.05) is 181 Å². The van der Waals surface area contributed by atoms with Crippen molar-refractivity contribution in [3.8, 4) is 0 Å². The van der Waals surface area contributed by atoms with Crippen molar-refractivity contribution in [1.82, 2.24) is 0 Å². The van der Waals surface area contributed by atoms with Gasteiger partial charge in [-0.25, -0.2) is 0 Å². The minimum atomic E-state index is 1.37. The largest absolute Gasteiger partial charge is 0.337 e. The highest BCUT2D eigenvalue weighted by molar-refractivity contribution is 4.51. The maximum Gasteiger partial charge on any atom is 0.0768 e. The van der Waals surface area contributed by atoms with Gasteiger partial charge in [0.05, 0.1) is 20.1 Å². The van der Waals surface area contributed by atoms with E-state index in [2.05, 4.69) is 20.9 Å². The van der Waals surface area contributed by atoms with E-state index < -0.39 is 0 Å². The van der Waals surface area contributed by atoms with Crippen LogP contribution in [0.1, 0.15) is 206 Å². The molecule has 1 unspecified atom stereocenters. The van der Waals surface area contributed by atoms with Crippen LogP contribution in [0.3, 0.4) is 0 Å². The first-order valence-corrected chi connectivity index (χ1v) is 17.6. The van der Waals surface area contributed by atoms with E-state index in [9.17, 15) is 0 Å². The smallest absolute Gasteiger partial charge is 0.0768 e. The molecule has 0 aliphatic heterocycles. The fourth-order valence-corrected chi connectivity index (χ4v) is 5.72. The van der Waals surface area contributed by atoms with Crippen LogP contribution in [0.2, 0.25) is 0 Å². The molecule has 0 aliphatic rings. The molecule has 0 radical (unpaired) electrons. The monoisotopic (exact) mass is 509 g/mol. The first-order valence-electron chi connectivity index (χ1n) is 17.6. The van der Waals surface area contributed by atoms with Gasteiger partial charge < -0.3 is 4.90 Å². The molecule has 0 aromatic carbocycles. The summed E-state index contributed by atoms with van der Waals surface area (Å²) in [5.74, 6) is 0. The van der Waals surface area contributed by atoms with E-state index in [4.69, 9.17) is 0 Å². The second kappa shape index (κ2) is 33.0. The van der Waals surface area contributed by atoms with Gasteiger partial charge in [0.1, 0.15) is 0 Å². The summed E-state index contributed by atoms with van der Waals surface area (Å²) in [5.41, 5.74) is 0. The second-order valence-corrected chi connectivity index (χ2v) is 12.4. The van der Waals surface area contributed by atoms with Crippen LogP contribution in [0.4, 0.5) is 0 Å². The Morgan fingerprint density at radius 3 is 0.611 bits per heavy atom. The van der Waals surface area contributed by atoms with Crippen LogP contribution in [0.15, 0.2) is 0 Å². The molecule has 0 heterocycles. The molecular weight excluding hydrogens is 434 g/mol. The first-order chi connectivity index (χ1) is 17.8. The third-order valence-corrected chi connectivity index (χ3v) is 8.41. The molecule has 36 heavy (non-hydrogen) atoms. The second-order valence-electron chi connectivity index (χ2n) is 12.4. The maximum absolute atomic E-state index is 2.42. The van der Waals surface area contributed by atoms with E-state index >= 15 is 0 Å². The van der Waals surface area contributed by atoms with Crippen molar-refractivity contribution in [1.29, 1.82) is 0 Å². The number of rotatable bonds is 32. The molecule has 0 amide bonds. The Hall–Kier alpha value is -0.0400. The first kappa shape index (κ1) is 36.0. The highest BCUT2D eigenvalue weighted by atomic mass is 15.1. The minimum absolute atomic E-state index is 1.37. The number of hydrogen-bond acceptors (Lipinski definition) is 0. The molecule has 0 aliphatic carbocycles. The fraction of sp³-hybridized carbons (Fsp3) is 1.00. The van der Waals surface area contributed by atoms with Crippen LogP contribution in [0, 0.1) is 0 Å². The lowest BCUT2D eigenvalue weighted by Gasteiger charge is -2.13. The molecule has 0 saturated heterocycles. The van der Waals surface area contributed by atoms with E-state index in [0.29, 0.717) is 0 Å². The van der Waals surface area contributed by atoms with Crippen LogP contribution in [-0.4, -0.2) is 20.1 Å².